The number of likely N-dealkylation sites (N-methyl/N-ethyl adjacent to an activating group) is 1. The zero-order chi connectivity index (χ0) is 12.4. The number of rotatable bonds is 4. The van der Waals surface area contributed by atoms with Crippen LogP contribution in [-0.4, -0.2) is 22.6 Å². The first kappa shape index (κ1) is 12.1. The third-order valence-corrected chi connectivity index (χ3v) is 3.57. The average molecular weight is 231 g/mol. The molecule has 3 nitrogen and oxygen atoms in total. The van der Waals surface area contributed by atoms with Gasteiger partial charge in [-0.3, -0.25) is 0 Å². The predicted molar refractivity (Wildman–Crippen MR) is 72.3 cm³/mol. The summed E-state index contributed by atoms with van der Waals surface area (Å²) in [4.78, 5) is 4.70. The molecule has 1 heterocycles. The summed E-state index contributed by atoms with van der Waals surface area (Å²) in [7, 11) is 2.01. The minimum absolute atomic E-state index is 0.405. The van der Waals surface area contributed by atoms with Crippen LogP contribution in [0.15, 0.2) is 24.3 Å². The Morgan fingerprint density at radius 1 is 1.29 bits per heavy atom. The zero-order valence-electron chi connectivity index (χ0n) is 11.1. The number of nitrogens with one attached hydrogen (secondary N) is 1. The average Bonchev–Trinajstić information content (AvgIpc) is 2.75. The molecular formula is C14H21N3. The number of hydrogen-bond acceptors (Lipinski definition) is 2. The minimum Gasteiger partial charge on any atom is -0.324 e. The highest BCUT2D eigenvalue weighted by atomic mass is 15.1. The van der Waals surface area contributed by atoms with Crippen LogP contribution >= 0.6 is 0 Å². The van der Waals surface area contributed by atoms with Gasteiger partial charge in [0.25, 0.3) is 0 Å². The van der Waals surface area contributed by atoms with Crippen LogP contribution in [0.25, 0.3) is 11.0 Å². The fourth-order valence-corrected chi connectivity index (χ4v) is 2.26. The van der Waals surface area contributed by atoms with Gasteiger partial charge in [0.15, 0.2) is 0 Å². The van der Waals surface area contributed by atoms with Gasteiger partial charge in [-0.25, -0.2) is 4.98 Å². The van der Waals surface area contributed by atoms with Crippen LogP contribution in [0.1, 0.15) is 32.6 Å². The molecule has 0 spiro atoms. The Morgan fingerprint density at radius 3 is 2.65 bits per heavy atom. The summed E-state index contributed by atoms with van der Waals surface area (Å²) < 4.78 is 2.36. The van der Waals surface area contributed by atoms with Crippen molar-refractivity contribution < 1.29 is 0 Å². The highest BCUT2D eigenvalue weighted by molar-refractivity contribution is 5.76. The Labute approximate surface area is 103 Å². The van der Waals surface area contributed by atoms with Crippen molar-refractivity contribution in [1.82, 2.24) is 14.9 Å². The van der Waals surface area contributed by atoms with Crippen LogP contribution in [0, 0.1) is 0 Å². The molecule has 0 aliphatic heterocycles. The SMILES string of the molecule is CCc1nc2ccccc2n1C(C)C(C)NC. The van der Waals surface area contributed by atoms with E-state index in [1.165, 1.54) is 11.3 Å². The van der Waals surface area contributed by atoms with Crippen molar-refractivity contribution in [3.8, 4) is 0 Å². The minimum atomic E-state index is 0.405. The molecule has 0 saturated carbocycles. The van der Waals surface area contributed by atoms with Crippen molar-refractivity contribution in [1.29, 1.82) is 0 Å². The van der Waals surface area contributed by atoms with Crippen LogP contribution in [0.3, 0.4) is 0 Å². The van der Waals surface area contributed by atoms with Crippen molar-refractivity contribution in [3.05, 3.63) is 30.1 Å². The maximum absolute atomic E-state index is 4.70. The van der Waals surface area contributed by atoms with Crippen molar-refractivity contribution in [2.24, 2.45) is 0 Å². The van der Waals surface area contributed by atoms with E-state index in [1.54, 1.807) is 0 Å². The van der Waals surface area contributed by atoms with E-state index < -0.39 is 0 Å². The molecule has 0 amide bonds. The van der Waals surface area contributed by atoms with E-state index in [0.717, 1.165) is 11.9 Å². The number of hydrogen-bond donors (Lipinski definition) is 1. The Kier molecular flexibility index (Phi) is 3.48. The summed E-state index contributed by atoms with van der Waals surface area (Å²) in [6.07, 6.45) is 0.968. The molecule has 92 valence electrons. The fraction of sp³-hybridized carbons (Fsp3) is 0.500. The molecule has 1 aromatic heterocycles. The summed E-state index contributed by atoms with van der Waals surface area (Å²) in [5.41, 5.74) is 2.33. The van der Waals surface area contributed by atoms with E-state index >= 15 is 0 Å². The first-order chi connectivity index (χ1) is 8.19. The number of imidazole rings is 1. The van der Waals surface area contributed by atoms with E-state index in [0.29, 0.717) is 12.1 Å². The van der Waals surface area contributed by atoms with Crippen molar-refractivity contribution in [2.75, 3.05) is 7.05 Å². The predicted octanol–water partition coefficient (Wildman–Crippen LogP) is 2.77. The Bertz CT molecular complexity index is 501. The summed E-state index contributed by atoms with van der Waals surface area (Å²) >= 11 is 0. The van der Waals surface area contributed by atoms with Gasteiger partial charge in [0.05, 0.1) is 11.0 Å². The van der Waals surface area contributed by atoms with E-state index in [1.807, 2.05) is 13.1 Å². The second kappa shape index (κ2) is 4.88. The van der Waals surface area contributed by atoms with Crippen LogP contribution in [0.4, 0.5) is 0 Å². The molecule has 2 unspecified atom stereocenters. The van der Waals surface area contributed by atoms with E-state index in [-0.39, 0.29) is 0 Å². The quantitative estimate of drug-likeness (QED) is 0.877. The van der Waals surface area contributed by atoms with Crippen molar-refractivity contribution in [3.63, 3.8) is 0 Å². The van der Waals surface area contributed by atoms with E-state index in [4.69, 9.17) is 4.98 Å². The Balaban J connectivity index is 2.57. The van der Waals surface area contributed by atoms with Gasteiger partial charge < -0.3 is 9.88 Å². The second-order valence-electron chi connectivity index (χ2n) is 4.56. The third kappa shape index (κ3) is 2.07. The van der Waals surface area contributed by atoms with Gasteiger partial charge in [-0.2, -0.15) is 0 Å². The van der Waals surface area contributed by atoms with Gasteiger partial charge in [-0.1, -0.05) is 19.1 Å². The summed E-state index contributed by atoms with van der Waals surface area (Å²) in [5, 5.41) is 3.32. The number of aryl methyl sites for hydroxylation is 1. The summed E-state index contributed by atoms with van der Waals surface area (Å²) in [6, 6.07) is 9.20. The Morgan fingerprint density at radius 2 is 2.00 bits per heavy atom. The topological polar surface area (TPSA) is 29.9 Å². The van der Waals surface area contributed by atoms with E-state index in [2.05, 4.69) is 48.9 Å². The lowest BCUT2D eigenvalue weighted by Gasteiger charge is -2.23. The molecule has 0 fully saturated rings. The lowest BCUT2D eigenvalue weighted by molar-refractivity contribution is 0.413. The molecule has 0 saturated heterocycles. The summed E-state index contributed by atoms with van der Waals surface area (Å²) in [5.74, 6) is 1.17. The van der Waals surface area contributed by atoms with Gasteiger partial charge >= 0.3 is 0 Å². The Hall–Kier alpha value is -1.35. The highest BCUT2D eigenvalue weighted by Gasteiger charge is 2.18. The van der Waals surface area contributed by atoms with Gasteiger partial charge in [-0.15, -0.1) is 0 Å². The van der Waals surface area contributed by atoms with Crippen LogP contribution in [0.5, 0.6) is 0 Å². The smallest absolute Gasteiger partial charge is 0.109 e. The standard InChI is InChI=1S/C14H21N3/c1-5-14-16-12-8-6-7-9-13(12)17(14)11(3)10(2)15-4/h6-11,15H,5H2,1-4H3. The molecule has 3 heteroatoms. The number of benzene rings is 1. The molecule has 0 radical (unpaired) electrons. The number of aromatic nitrogens is 2. The molecule has 1 N–H and O–H groups in total. The maximum Gasteiger partial charge on any atom is 0.109 e. The lowest BCUT2D eigenvalue weighted by atomic mass is 10.1. The third-order valence-electron chi connectivity index (χ3n) is 3.57. The zero-order valence-corrected chi connectivity index (χ0v) is 11.1. The molecule has 1 aromatic carbocycles. The van der Waals surface area contributed by atoms with Crippen LogP contribution in [-0.2, 0) is 6.42 Å². The van der Waals surface area contributed by atoms with Gasteiger partial charge in [0.2, 0.25) is 0 Å². The van der Waals surface area contributed by atoms with Crippen LogP contribution < -0.4 is 5.32 Å². The van der Waals surface area contributed by atoms with Gasteiger partial charge in [0.1, 0.15) is 5.82 Å². The largest absolute Gasteiger partial charge is 0.324 e. The van der Waals surface area contributed by atoms with Gasteiger partial charge in [0, 0.05) is 18.5 Å². The first-order valence-electron chi connectivity index (χ1n) is 6.32. The second-order valence-corrected chi connectivity index (χ2v) is 4.56. The molecule has 0 aliphatic carbocycles. The van der Waals surface area contributed by atoms with Crippen molar-refractivity contribution in [2.45, 2.75) is 39.3 Å². The number of nitrogens with zero attached hydrogens (tertiary/aromatic N) is 2. The number of para-hydroxylation sites is 2. The maximum atomic E-state index is 4.70. The molecule has 0 bridgehead atoms. The fourth-order valence-electron chi connectivity index (χ4n) is 2.26. The van der Waals surface area contributed by atoms with Crippen molar-refractivity contribution >= 4 is 11.0 Å². The number of fused-ring (bicyclic) bond motifs is 1. The van der Waals surface area contributed by atoms with Crippen LogP contribution in [0.2, 0.25) is 0 Å². The van der Waals surface area contributed by atoms with E-state index in [9.17, 15) is 0 Å². The molecule has 17 heavy (non-hydrogen) atoms. The summed E-state index contributed by atoms with van der Waals surface area (Å²) in [6.45, 7) is 6.61. The molecule has 2 rings (SSSR count). The lowest BCUT2D eigenvalue weighted by Crippen LogP contribution is -2.31. The van der Waals surface area contributed by atoms with Gasteiger partial charge in [-0.05, 0) is 33.0 Å². The monoisotopic (exact) mass is 231 g/mol. The first-order valence-corrected chi connectivity index (χ1v) is 6.32. The highest BCUT2D eigenvalue weighted by Crippen LogP contribution is 2.23. The normalized spacial score (nSPS) is 15.1. The molecule has 2 atom stereocenters. The molecule has 2 aromatic rings. The molecule has 0 aliphatic rings. The molecular weight excluding hydrogens is 210 g/mol.